The average Bonchev–Trinajstić information content (AvgIpc) is 2.73. The number of nitrogens with one attached hydrogen (secondary N) is 1. The highest BCUT2D eigenvalue weighted by molar-refractivity contribution is 9.10. The highest BCUT2D eigenvalue weighted by atomic mass is 79.9. The Labute approximate surface area is 195 Å². The van der Waals surface area contributed by atoms with E-state index in [0.29, 0.717) is 46.9 Å². The number of benzene rings is 2. The van der Waals surface area contributed by atoms with E-state index < -0.39 is 0 Å². The molecule has 1 unspecified atom stereocenters. The monoisotopic (exact) mass is 504 g/mol. The summed E-state index contributed by atoms with van der Waals surface area (Å²) in [5, 5.41) is 4.01. The molecule has 0 saturated heterocycles. The standard InChI is InChI=1S/C23H26BrClN4O2/c1-4-12-29(23(31)26-17-9-7-8-15(24)13-17)20(5-2)21-27-19-14-16(25)10-11-18(19)22(30)28(21)6-3/h7-11,13-14,20H,4-6,12H2,1-3H3,(H,26,31). The summed E-state index contributed by atoms with van der Waals surface area (Å²) >= 11 is 9.58. The van der Waals surface area contributed by atoms with E-state index in [4.69, 9.17) is 16.6 Å². The Morgan fingerprint density at radius 3 is 2.65 bits per heavy atom. The van der Waals surface area contributed by atoms with Gasteiger partial charge in [-0.15, -0.1) is 0 Å². The lowest BCUT2D eigenvalue weighted by Crippen LogP contribution is -2.41. The van der Waals surface area contributed by atoms with Crippen LogP contribution in [-0.4, -0.2) is 27.0 Å². The maximum Gasteiger partial charge on any atom is 0.322 e. The maximum absolute atomic E-state index is 13.3. The molecule has 1 atom stereocenters. The molecule has 164 valence electrons. The Balaban J connectivity index is 2.07. The second-order valence-corrected chi connectivity index (χ2v) is 8.59. The van der Waals surface area contributed by atoms with Gasteiger partial charge in [-0.2, -0.15) is 0 Å². The SMILES string of the molecule is CCCN(C(=O)Nc1cccc(Br)c1)C(CC)c1nc2cc(Cl)ccc2c(=O)n1CC. The van der Waals surface area contributed by atoms with Crippen LogP contribution in [0, 0.1) is 0 Å². The molecule has 1 N–H and O–H groups in total. The second-order valence-electron chi connectivity index (χ2n) is 7.24. The van der Waals surface area contributed by atoms with Gasteiger partial charge in [-0.3, -0.25) is 9.36 Å². The first-order chi connectivity index (χ1) is 14.9. The number of anilines is 1. The van der Waals surface area contributed by atoms with Gasteiger partial charge in [-0.1, -0.05) is 47.4 Å². The van der Waals surface area contributed by atoms with Crippen molar-refractivity contribution in [2.24, 2.45) is 0 Å². The molecule has 3 rings (SSSR count). The second kappa shape index (κ2) is 10.3. The third kappa shape index (κ3) is 5.10. The van der Waals surface area contributed by atoms with Gasteiger partial charge in [0.05, 0.1) is 16.9 Å². The zero-order valence-electron chi connectivity index (χ0n) is 17.9. The molecule has 0 saturated carbocycles. The fourth-order valence-electron chi connectivity index (χ4n) is 3.72. The number of carbonyl (C=O) groups is 1. The molecule has 0 aliphatic rings. The van der Waals surface area contributed by atoms with Crippen molar-refractivity contribution in [1.29, 1.82) is 0 Å². The minimum atomic E-state index is -0.358. The summed E-state index contributed by atoms with van der Waals surface area (Å²) in [5.74, 6) is 0.572. The Morgan fingerprint density at radius 1 is 1.23 bits per heavy atom. The lowest BCUT2D eigenvalue weighted by molar-refractivity contribution is 0.180. The lowest BCUT2D eigenvalue weighted by Gasteiger charge is -2.32. The van der Waals surface area contributed by atoms with Crippen LogP contribution in [0.15, 0.2) is 51.7 Å². The summed E-state index contributed by atoms with van der Waals surface area (Å²) in [7, 11) is 0. The van der Waals surface area contributed by atoms with Gasteiger partial charge in [-0.25, -0.2) is 9.78 Å². The van der Waals surface area contributed by atoms with Gasteiger partial charge in [0.2, 0.25) is 0 Å². The van der Waals surface area contributed by atoms with Crippen LogP contribution in [0.4, 0.5) is 10.5 Å². The minimum absolute atomic E-state index is 0.124. The van der Waals surface area contributed by atoms with E-state index in [1.165, 1.54) is 0 Å². The van der Waals surface area contributed by atoms with Gasteiger partial charge in [0, 0.05) is 28.3 Å². The molecular weight excluding hydrogens is 480 g/mol. The van der Waals surface area contributed by atoms with Crippen LogP contribution >= 0.6 is 27.5 Å². The Hall–Kier alpha value is -2.38. The van der Waals surface area contributed by atoms with Gasteiger partial charge in [0.25, 0.3) is 5.56 Å². The molecule has 2 amide bonds. The van der Waals surface area contributed by atoms with Crippen LogP contribution in [-0.2, 0) is 6.54 Å². The molecule has 1 aromatic heterocycles. The molecule has 0 radical (unpaired) electrons. The smallest absolute Gasteiger partial charge is 0.314 e. The molecule has 31 heavy (non-hydrogen) atoms. The molecule has 8 heteroatoms. The fraction of sp³-hybridized carbons (Fsp3) is 0.348. The summed E-state index contributed by atoms with van der Waals surface area (Å²) in [4.78, 5) is 32.9. The zero-order chi connectivity index (χ0) is 22.5. The fourth-order valence-corrected chi connectivity index (χ4v) is 4.28. The summed E-state index contributed by atoms with van der Waals surface area (Å²) in [6.45, 7) is 6.92. The number of fused-ring (bicyclic) bond motifs is 1. The van der Waals surface area contributed by atoms with E-state index in [-0.39, 0.29) is 17.6 Å². The van der Waals surface area contributed by atoms with Crippen molar-refractivity contribution < 1.29 is 4.79 Å². The molecule has 6 nitrogen and oxygen atoms in total. The summed E-state index contributed by atoms with van der Waals surface area (Å²) < 4.78 is 2.53. The normalized spacial score (nSPS) is 12.0. The van der Waals surface area contributed by atoms with Gasteiger partial charge < -0.3 is 10.2 Å². The number of nitrogens with zero attached hydrogens (tertiary/aromatic N) is 3. The molecular formula is C23H26BrClN4O2. The van der Waals surface area contributed by atoms with Gasteiger partial charge in [0.15, 0.2) is 0 Å². The summed E-state index contributed by atoms with van der Waals surface area (Å²) in [6.07, 6.45) is 1.39. The summed E-state index contributed by atoms with van der Waals surface area (Å²) in [5.41, 5.74) is 1.11. The third-order valence-corrected chi connectivity index (χ3v) is 5.85. The molecule has 0 aliphatic heterocycles. The number of halogens is 2. The lowest BCUT2D eigenvalue weighted by atomic mass is 10.1. The van der Waals surface area contributed by atoms with E-state index >= 15 is 0 Å². The van der Waals surface area contributed by atoms with Crippen molar-refractivity contribution in [3.05, 3.63) is 68.1 Å². The minimum Gasteiger partial charge on any atom is -0.314 e. The first-order valence-electron chi connectivity index (χ1n) is 10.4. The van der Waals surface area contributed by atoms with Gasteiger partial charge in [0.1, 0.15) is 5.82 Å². The van der Waals surface area contributed by atoms with Crippen LogP contribution in [0.2, 0.25) is 5.02 Å². The van der Waals surface area contributed by atoms with Crippen molar-refractivity contribution in [3.63, 3.8) is 0 Å². The molecule has 1 heterocycles. The highest BCUT2D eigenvalue weighted by Crippen LogP contribution is 2.26. The van der Waals surface area contributed by atoms with Crippen LogP contribution < -0.4 is 10.9 Å². The Morgan fingerprint density at radius 2 is 2.00 bits per heavy atom. The van der Waals surface area contributed by atoms with E-state index in [1.807, 2.05) is 45.0 Å². The van der Waals surface area contributed by atoms with Gasteiger partial charge in [-0.05, 0) is 56.2 Å². The van der Waals surface area contributed by atoms with Crippen molar-refractivity contribution in [1.82, 2.24) is 14.5 Å². The highest BCUT2D eigenvalue weighted by Gasteiger charge is 2.28. The molecule has 0 spiro atoms. The predicted octanol–water partition coefficient (Wildman–Crippen LogP) is 6.23. The number of aromatic nitrogens is 2. The predicted molar refractivity (Wildman–Crippen MR) is 130 cm³/mol. The van der Waals surface area contributed by atoms with E-state index in [1.54, 1.807) is 27.7 Å². The third-order valence-electron chi connectivity index (χ3n) is 5.13. The number of hydrogen-bond acceptors (Lipinski definition) is 3. The van der Waals surface area contributed by atoms with Crippen LogP contribution in [0.5, 0.6) is 0 Å². The first kappa shape index (κ1) is 23.3. The number of rotatable bonds is 7. The van der Waals surface area contributed by atoms with Crippen LogP contribution in [0.3, 0.4) is 0 Å². The van der Waals surface area contributed by atoms with Crippen molar-refractivity contribution in [2.45, 2.75) is 46.2 Å². The van der Waals surface area contributed by atoms with E-state index in [9.17, 15) is 9.59 Å². The van der Waals surface area contributed by atoms with E-state index in [2.05, 4.69) is 21.2 Å². The van der Waals surface area contributed by atoms with Crippen molar-refractivity contribution in [3.8, 4) is 0 Å². The van der Waals surface area contributed by atoms with Gasteiger partial charge >= 0.3 is 6.03 Å². The number of amides is 2. The molecule has 2 aromatic carbocycles. The quantitative estimate of drug-likeness (QED) is 0.414. The average molecular weight is 506 g/mol. The zero-order valence-corrected chi connectivity index (χ0v) is 20.2. The van der Waals surface area contributed by atoms with E-state index in [0.717, 1.165) is 10.9 Å². The summed E-state index contributed by atoms with van der Waals surface area (Å²) in [6, 6.07) is 12.0. The Kier molecular flexibility index (Phi) is 7.73. The topological polar surface area (TPSA) is 67.2 Å². The number of urea groups is 1. The largest absolute Gasteiger partial charge is 0.322 e. The first-order valence-corrected chi connectivity index (χ1v) is 11.6. The molecule has 0 bridgehead atoms. The van der Waals surface area contributed by atoms with Crippen molar-refractivity contribution >= 4 is 50.2 Å². The van der Waals surface area contributed by atoms with Crippen LogP contribution in [0.1, 0.15) is 45.5 Å². The number of hydrogen-bond donors (Lipinski definition) is 1. The maximum atomic E-state index is 13.3. The molecule has 3 aromatic rings. The molecule has 0 aliphatic carbocycles. The Bertz CT molecular complexity index is 1150. The number of carbonyl (C=O) groups excluding carboxylic acids is 1. The van der Waals surface area contributed by atoms with Crippen LogP contribution in [0.25, 0.3) is 10.9 Å². The molecule has 0 fully saturated rings. The van der Waals surface area contributed by atoms with Crippen molar-refractivity contribution in [2.75, 3.05) is 11.9 Å².